The predicted octanol–water partition coefficient (Wildman–Crippen LogP) is 0.239. The highest BCUT2D eigenvalue weighted by Gasteiger charge is 2.45. The number of aromatic carboxylic acids is 1. The summed E-state index contributed by atoms with van der Waals surface area (Å²) in [6.45, 7) is 0.570. The maximum Gasteiger partial charge on any atom is 0.357 e. The Morgan fingerprint density at radius 3 is 2.97 bits per heavy atom. The maximum absolute atomic E-state index is 12.9. The van der Waals surface area contributed by atoms with E-state index < -0.39 is 12.0 Å². The summed E-state index contributed by atoms with van der Waals surface area (Å²) in [5, 5.41) is 21.9. The van der Waals surface area contributed by atoms with E-state index in [4.69, 9.17) is 9.52 Å². The number of carbonyl (C=O) groups is 3. The van der Waals surface area contributed by atoms with Crippen molar-refractivity contribution in [2.75, 3.05) is 6.54 Å². The summed E-state index contributed by atoms with van der Waals surface area (Å²) in [4.78, 5) is 45.7. The van der Waals surface area contributed by atoms with Gasteiger partial charge < -0.3 is 19.7 Å². The highest BCUT2D eigenvalue weighted by Crippen LogP contribution is 2.30. The lowest BCUT2D eigenvalue weighted by atomic mass is 10.2. The summed E-state index contributed by atoms with van der Waals surface area (Å²) in [6.07, 6.45) is 4.13. The van der Waals surface area contributed by atoms with Gasteiger partial charge in [-0.25, -0.2) is 19.4 Å². The van der Waals surface area contributed by atoms with E-state index in [9.17, 15) is 14.4 Å². The molecule has 30 heavy (non-hydrogen) atoms. The molecule has 2 N–H and O–H groups in total. The monoisotopic (exact) mass is 429 g/mol. The molecule has 12 nitrogen and oxygen atoms in total. The second kappa shape index (κ2) is 7.02. The lowest BCUT2D eigenvalue weighted by Crippen LogP contribution is -2.57. The molecule has 2 aliphatic heterocycles. The molecule has 154 valence electrons. The minimum absolute atomic E-state index is 0.00251. The number of oxazole rings is 1. The first-order valence-electron chi connectivity index (χ1n) is 9.13. The Kier molecular flexibility index (Phi) is 4.31. The predicted molar refractivity (Wildman–Crippen MR) is 99.7 cm³/mol. The SMILES string of the molecule is O=C(O)c1coc(Cn2cc(-c3nc(C(=O)N4[C@@H]5CC[C@H]4C(=O)NC5)cs3)nn2)n1. The quantitative estimate of drug-likeness (QED) is 0.580. The highest BCUT2D eigenvalue weighted by molar-refractivity contribution is 7.13. The third-order valence-electron chi connectivity index (χ3n) is 5.10. The van der Waals surface area contributed by atoms with Gasteiger partial charge in [0.15, 0.2) is 5.69 Å². The van der Waals surface area contributed by atoms with Gasteiger partial charge in [0.1, 0.15) is 35.2 Å². The van der Waals surface area contributed by atoms with E-state index in [0.29, 0.717) is 23.7 Å². The molecule has 3 aromatic heterocycles. The third-order valence-corrected chi connectivity index (χ3v) is 5.97. The van der Waals surface area contributed by atoms with Crippen molar-refractivity contribution in [1.82, 2.24) is 35.2 Å². The molecule has 2 saturated heterocycles. The number of rotatable bonds is 5. The standard InChI is InChI=1S/C17H15N7O5S/c25-14-12-2-1-8(3-18-14)24(12)16(26)11-7-30-15(20-11)9-4-23(22-21-9)5-13-19-10(6-29-13)17(27)28/h4,6-8,12H,1-3,5H2,(H,18,25)(H,27,28)/t8-,12+/m1/s1. The van der Waals surface area contributed by atoms with Crippen molar-refractivity contribution in [1.29, 1.82) is 0 Å². The van der Waals surface area contributed by atoms with Crippen LogP contribution in [0.5, 0.6) is 0 Å². The summed E-state index contributed by atoms with van der Waals surface area (Å²) in [6, 6.07) is -0.429. The number of aromatic nitrogens is 5. The molecule has 5 rings (SSSR count). The maximum atomic E-state index is 12.9. The van der Waals surface area contributed by atoms with Crippen LogP contribution in [0.25, 0.3) is 10.7 Å². The van der Waals surface area contributed by atoms with Gasteiger partial charge in [-0.05, 0) is 12.8 Å². The van der Waals surface area contributed by atoms with Gasteiger partial charge in [0.2, 0.25) is 11.8 Å². The number of fused-ring (bicyclic) bond motifs is 2. The van der Waals surface area contributed by atoms with Crippen LogP contribution in [0.2, 0.25) is 0 Å². The first-order valence-corrected chi connectivity index (χ1v) is 10.0. The number of carboxylic acids is 1. The van der Waals surface area contributed by atoms with E-state index in [0.717, 1.165) is 12.7 Å². The Hall–Kier alpha value is -3.61. The number of amides is 2. The number of carbonyl (C=O) groups excluding carboxylic acids is 2. The third kappa shape index (κ3) is 3.12. The van der Waals surface area contributed by atoms with Crippen LogP contribution < -0.4 is 5.32 Å². The van der Waals surface area contributed by atoms with E-state index in [1.807, 2.05) is 0 Å². The van der Waals surface area contributed by atoms with Gasteiger partial charge in [0.05, 0.1) is 12.2 Å². The van der Waals surface area contributed by atoms with E-state index in [1.54, 1.807) is 16.5 Å². The van der Waals surface area contributed by atoms with Gasteiger partial charge in [-0.2, -0.15) is 0 Å². The van der Waals surface area contributed by atoms with Gasteiger partial charge in [-0.1, -0.05) is 5.21 Å². The summed E-state index contributed by atoms with van der Waals surface area (Å²) >= 11 is 1.25. The number of hydrogen-bond donors (Lipinski definition) is 2. The second-order valence-corrected chi connectivity index (χ2v) is 7.83. The Bertz CT molecular complexity index is 1150. The Morgan fingerprint density at radius 2 is 2.17 bits per heavy atom. The largest absolute Gasteiger partial charge is 0.476 e. The fourth-order valence-electron chi connectivity index (χ4n) is 3.70. The molecule has 2 bridgehead atoms. The first kappa shape index (κ1) is 18.4. The van der Waals surface area contributed by atoms with E-state index in [2.05, 4.69) is 25.6 Å². The van der Waals surface area contributed by atoms with Crippen LogP contribution in [0.1, 0.15) is 39.7 Å². The van der Waals surface area contributed by atoms with Crippen LogP contribution in [-0.4, -0.2) is 71.4 Å². The van der Waals surface area contributed by atoms with E-state index in [1.165, 1.54) is 16.0 Å². The fourth-order valence-corrected chi connectivity index (χ4v) is 4.44. The van der Waals surface area contributed by atoms with Crippen molar-refractivity contribution in [2.45, 2.75) is 31.5 Å². The minimum Gasteiger partial charge on any atom is -0.476 e. The van der Waals surface area contributed by atoms with Crippen LogP contribution in [0.4, 0.5) is 0 Å². The molecule has 5 heterocycles. The van der Waals surface area contributed by atoms with Gasteiger partial charge >= 0.3 is 5.97 Å². The minimum atomic E-state index is -1.18. The molecular formula is C17H15N7O5S. The second-order valence-electron chi connectivity index (χ2n) is 6.98. The zero-order valence-electron chi connectivity index (χ0n) is 15.4. The molecule has 2 atom stereocenters. The molecule has 0 saturated carbocycles. The van der Waals surface area contributed by atoms with Crippen LogP contribution in [-0.2, 0) is 11.3 Å². The van der Waals surface area contributed by atoms with Crippen molar-refractivity contribution in [3.05, 3.63) is 35.1 Å². The molecule has 0 spiro atoms. The summed E-state index contributed by atoms with van der Waals surface area (Å²) in [5.74, 6) is -1.37. The zero-order valence-corrected chi connectivity index (χ0v) is 16.2. The van der Waals surface area contributed by atoms with Gasteiger partial charge in [0, 0.05) is 11.9 Å². The van der Waals surface area contributed by atoms with Gasteiger partial charge in [0.25, 0.3) is 5.91 Å². The Balaban J connectivity index is 1.31. The molecule has 2 aliphatic rings. The fraction of sp³-hybridized carbons (Fsp3) is 0.353. The molecule has 0 radical (unpaired) electrons. The van der Waals surface area contributed by atoms with Crippen LogP contribution in [0, 0.1) is 0 Å². The number of thiazole rings is 1. The van der Waals surface area contributed by atoms with Crippen LogP contribution >= 0.6 is 11.3 Å². The Morgan fingerprint density at radius 1 is 1.30 bits per heavy atom. The molecule has 13 heteroatoms. The summed E-state index contributed by atoms with van der Waals surface area (Å²) < 4.78 is 6.54. The van der Waals surface area contributed by atoms with Crippen LogP contribution in [0.3, 0.4) is 0 Å². The van der Waals surface area contributed by atoms with Crippen molar-refractivity contribution < 1.29 is 23.9 Å². The summed E-state index contributed by atoms with van der Waals surface area (Å²) in [7, 11) is 0. The number of carboxylic acid groups (broad SMARTS) is 1. The van der Waals surface area contributed by atoms with E-state index in [-0.39, 0.29) is 41.7 Å². The van der Waals surface area contributed by atoms with Crippen molar-refractivity contribution in [3.8, 4) is 10.7 Å². The lowest BCUT2D eigenvalue weighted by molar-refractivity contribution is -0.127. The highest BCUT2D eigenvalue weighted by atomic mass is 32.1. The molecule has 3 aromatic rings. The average Bonchev–Trinajstić information content (AvgIpc) is 3.50. The average molecular weight is 429 g/mol. The van der Waals surface area contributed by atoms with E-state index >= 15 is 0 Å². The van der Waals surface area contributed by atoms with Gasteiger partial charge in [-0.3, -0.25) is 9.59 Å². The first-order chi connectivity index (χ1) is 14.5. The van der Waals surface area contributed by atoms with Gasteiger partial charge in [-0.15, -0.1) is 16.4 Å². The molecule has 0 aliphatic carbocycles. The van der Waals surface area contributed by atoms with Crippen molar-refractivity contribution in [2.24, 2.45) is 0 Å². The smallest absolute Gasteiger partial charge is 0.357 e. The zero-order chi connectivity index (χ0) is 20.8. The lowest BCUT2D eigenvalue weighted by Gasteiger charge is -2.33. The molecule has 0 unspecified atom stereocenters. The number of nitrogens with zero attached hydrogens (tertiary/aromatic N) is 6. The number of nitrogens with one attached hydrogen (secondary N) is 1. The molecule has 0 aromatic carbocycles. The summed E-state index contributed by atoms with van der Waals surface area (Å²) in [5.41, 5.74) is 0.548. The Labute approximate surface area is 172 Å². The topological polar surface area (TPSA) is 156 Å². The van der Waals surface area contributed by atoms with Crippen molar-refractivity contribution >= 4 is 29.1 Å². The normalized spacial score (nSPS) is 20.4. The number of piperazine rings is 1. The number of hydrogen-bond acceptors (Lipinski definition) is 9. The van der Waals surface area contributed by atoms with Crippen molar-refractivity contribution in [3.63, 3.8) is 0 Å². The molecule has 2 amide bonds. The molecular weight excluding hydrogens is 414 g/mol. The van der Waals surface area contributed by atoms with Crippen LogP contribution in [0.15, 0.2) is 22.3 Å². The molecule has 2 fully saturated rings.